The molecule has 0 radical (unpaired) electrons. The van der Waals surface area contributed by atoms with Crippen LogP contribution in [0.1, 0.15) is 11.1 Å². The number of ether oxygens (including phenoxy) is 1. The molecule has 1 aliphatic carbocycles. The van der Waals surface area contributed by atoms with Gasteiger partial charge in [0.15, 0.2) is 0 Å². The van der Waals surface area contributed by atoms with Crippen LogP contribution in [0.4, 0.5) is 0 Å². The van der Waals surface area contributed by atoms with Crippen molar-refractivity contribution in [1.82, 2.24) is 4.98 Å². The maximum absolute atomic E-state index is 11.8. The molecular formula is C10H7BrNNaO3. The number of aromatic nitrogens is 1. The van der Waals surface area contributed by atoms with Crippen LogP contribution >= 0.6 is 15.9 Å². The minimum Gasteiger partial charge on any atom is -0.872 e. The number of hydrogen-bond acceptors (Lipinski definition) is 4. The van der Waals surface area contributed by atoms with Gasteiger partial charge in [-0.25, -0.2) is 4.79 Å². The smallest absolute Gasteiger partial charge is 0.872 e. The topological polar surface area (TPSA) is 62.2 Å². The average Bonchev–Trinajstić information content (AvgIpc) is 2.57. The van der Waals surface area contributed by atoms with Crippen LogP contribution in [0, 0.1) is 0 Å². The first-order valence-electron chi connectivity index (χ1n) is 4.26. The summed E-state index contributed by atoms with van der Waals surface area (Å²) in [5, 5.41) is 11.8. The summed E-state index contributed by atoms with van der Waals surface area (Å²) in [7, 11) is 1.26. The molecule has 78 valence electrons. The number of carbonyl (C=O) groups excluding carboxylic acids is 1. The van der Waals surface area contributed by atoms with Crippen LogP contribution in [-0.2, 0) is 16.0 Å². The summed E-state index contributed by atoms with van der Waals surface area (Å²) in [6.07, 6.45) is 3.38. The van der Waals surface area contributed by atoms with E-state index in [4.69, 9.17) is 0 Å². The second-order valence-electron chi connectivity index (χ2n) is 3.12. The van der Waals surface area contributed by atoms with E-state index in [1.54, 1.807) is 6.20 Å². The first-order chi connectivity index (χ1) is 7.15. The SMILES string of the molecule is COC(=O)C1=C([O-])c2cncc(Br)c2C1.[Na+]. The van der Waals surface area contributed by atoms with Gasteiger partial charge in [-0.15, -0.1) is 0 Å². The van der Waals surface area contributed by atoms with Gasteiger partial charge < -0.3 is 9.84 Å². The molecule has 0 N–H and O–H groups in total. The fourth-order valence-electron chi connectivity index (χ4n) is 1.54. The molecule has 0 fully saturated rings. The third kappa shape index (κ3) is 2.18. The Morgan fingerprint density at radius 2 is 2.25 bits per heavy atom. The van der Waals surface area contributed by atoms with Crippen LogP contribution in [0.25, 0.3) is 5.76 Å². The molecule has 16 heavy (non-hydrogen) atoms. The van der Waals surface area contributed by atoms with Gasteiger partial charge in [-0.05, 0) is 27.1 Å². The van der Waals surface area contributed by atoms with E-state index in [1.165, 1.54) is 13.3 Å². The average molecular weight is 292 g/mol. The van der Waals surface area contributed by atoms with Crippen molar-refractivity contribution < 1.29 is 44.2 Å². The minimum atomic E-state index is -0.567. The van der Waals surface area contributed by atoms with E-state index in [0.717, 1.165) is 10.0 Å². The molecule has 0 aromatic carbocycles. The van der Waals surface area contributed by atoms with Crippen molar-refractivity contribution in [2.45, 2.75) is 6.42 Å². The number of halogens is 1. The van der Waals surface area contributed by atoms with Gasteiger partial charge in [0.25, 0.3) is 0 Å². The Labute approximate surface area is 123 Å². The molecule has 0 aliphatic heterocycles. The predicted molar refractivity (Wildman–Crippen MR) is 54.6 cm³/mol. The summed E-state index contributed by atoms with van der Waals surface area (Å²) in [6, 6.07) is 0. The van der Waals surface area contributed by atoms with E-state index in [9.17, 15) is 9.90 Å². The number of methoxy groups -OCH3 is 1. The zero-order valence-corrected chi connectivity index (χ0v) is 12.5. The number of nitrogens with zero attached hydrogens (tertiary/aromatic N) is 1. The summed E-state index contributed by atoms with van der Waals surface area (Å²) in [5.41, 5.74) is 1.45. The molecule has 1 aromatic heterocycles. The quantitative estimate of drug-likeness (QED) is 0.429. The molecule has 0 unspecified atom stereocenters. The van der Waals surface area contributed by atoms with Gasteiger partial charge in [0, 0.05) is 28.9 Å². The summed E-state index contributed by atoms with van der Waals surface area (Å²) < 4.78 is 5.29. The Morgan fingerprint density at radius 1 is 1.56 bits per heavy atom. The second kappa shape index (κ2) is 5.31. The fourth-order valence-corrected chi connectivity index (χ4v) is 2.02. The number of fused-ring (bicyclic) bond motifs is 1. The van der Waals surface area contributed by atoms with E-state index in [0.29, 0.717) is 12.0 Å². The van der Waals surface area contributed by atoms with Crippen LogP contribution in [0.15, 0.2) is 22.4 Å². The van der Waals surface area contributed by atoms with Crippen LogP contribution in [0.5, 0.6) is 0 Å². The van der Waals surface area contributed by atoms with Gasteiger partial charge in [0.1, 0.15) is 0 Å². The number of esters is 1. The van der Waals surface area contributed by atoms with Gasteiger partial charge in [-0.2, -0.15) is 0 Å². The molecule has 0 atom stereocenters. The van der Waals surface area contributed by atoms with Crippen molar-refractivity contribution in [3.05, 3.63) is 33.6 Å². The summed E-state index contributed by atoms with van der Waals surface area (Å²) in [5.74, 6) is -0.853. The summed E-state index contributed by atoms with van der Waals surface area (Å²) in [6.45, 7) is 0. The Balaban J connectivity index is 0.00000128. The van der Waals surface area contributed by atoms with Crippen molar-refractivity contribution in [1.29, 1.82) is 0 Å². The van der Waals surface area contributed by atoms with Crippen molar-refractivity contribution >= 4 is 27.7 Å². The van der Waals surface area contributed by atoms with Gasteiger partial charge in [-0.3, -0.25) is 4.98 Å². The van der Waals surface area contributed by atoms with Crippen LogP contribution < -0.4 is 34.7 Å². The van der Waals surface area contributed by atoms with E-state index in [2.05, 4.69) is 25.7 Å². The van der Waals surface area contributed by atoms with E-state index < -0.39 is 5.97 Å². The predicted octanol–water partition coefficient (Wildman–Crippen LogP) is -2.35. The third-order valence-electron chi connectivity index (χ3n) is 2.31. The molecule has 0 amide bonds. The Bertz CT molecular complexity index is 473. The molecule has 6 heteroatoms. The van der Waals surface area contributed by atoms with Gasteiger partial charge >= 0.3 is 35.5 Å². The zero-order chi connectivity index (χ0) is 11.0. The molecule has 1 heterocycles. The summed E-state index contributed by atoms with van der Waals surface area (Å²) >= 11 is 3.29. The Morgan fingerprint density at radius 3 is 2.81 bits per heavy atom. The molecule has 2 rings (SSSR count). The molecule has 4 nitrogen and oxygen atoms in total. The molecule has 1 aliphatic rings. The van der Waals surface area contributed by atoms with Crippen LogP contribution in [0.2, 0.25) is 0 Å². The van der Waals surface area contributed by atoms with Crippen molar-refractivity contribution in [2.24, 2.45) is 0 Å². The van der Waals surface area contributed by atoms with Crippen molar-refractivity contribution in [3.8, 4) is 0 Å². The van der Waals surface area contributed by atoms with E-state index in [1.807, 2.05) is 0 Å². The molecule has 0 spiro atoms. The number of rotatable bonds is 1. The fraction of sp³-hybridized carbons (Fsp3) is 0.200. The Hall–Kier alpha value is -0.360. The van der Waals surface area contributed by atoms with Gasteiger partial charge in [0.2, 0.25) is 0 Å². The van der Waals surface area contributed by atoms with Crippen LogP contribution in [0.3, 0.4) is 0 Å². The first kappa shape index (κ1) is 13.7. The van der Waals surface area contributed by atoms with Gasteiger partial charge in [-0.1, -0.05) is 5.76 Å². The molecule has 0 saturated carbocycles. The Kier molecular flexibility index (Phi) is 4.55. The second-order valence-corrected chi connectivity index (χ2v) is 3.98. The number of hydrogen-bond donors (Lipinski definition) is 0. The largest absolute Gasteiger partial charge is 1.00 e. The minimum absolute atomic E-state index is 0. The van der Waals surface area contributed by atoms with E-state index in [-0.39, 0.29) is 40.9 Å². The zero-order valence-electron chi connectivity index (χ0n) is 8.91. The van der Waals surface area contributed by atoms with Crippen LogP contribution in [-0.4, -0.2) is 18.1 Å². The normalized spacial score (nSPS) is 13.1. The van der Waals surface area contributed by atoms with Crippen molar-refractivity contribution in [2.75, 3.05) is 7.11 Å². The molecule has 1 aromatic rings. The van der Waals surface area contributed by atoms with E-state index >= 15 is 0 Å². The number of pyridine rings is 1. The standard InChI is InChI=1S/C10H8BrNO3.Na/c1-15-10(14)6-2-5-7(9(6)13)3-12-4-8(5)11;/h3-4,13H,2H2,1H3;/q;+1/p-1. The maximum atomic E-state index is 11.8. The third-order valence-corrected chi connectivity index (χ3v) is 2.99. The summed E-state index contributed by atoms with van der Waals surface area (Å²) in [4.78, 5) is 15.2. The maximum Gasteiger partial charge on any atom is 1.00 e. The number of carbonyl (C=O) groups is 1. The first-order valence-corrected chi connectivity index (χ1v) is 5.05. The molecular weight excluding hydrogens is 285 g/mol. The monoisotopic (exact) mass is 291 g/mol. The molecule has 0 saturated heterocycles. The molecule has 0 bridgehead atoms. The van der Waals surface area contributed by atoms with Crippen molar-refractivity contribution in [3.63, 3.8) is 0 Å². The van der Waals surface area contributed by atoms with Gasteiger partial charge in [0.05, 0.1) is 7.11 Å².